The van der Waals surface area contributed by atoms with Crippen molar-refractivity contribution in [2.45, 2.75) is 12.3 Å². The molecule has 0 aliphatic heterocycles. The molecule has 1 aromatic carbocycles. The van der Waals surface area contributed by atoms with Crippen molar-refractivity contribution in [3.63, 3.8) is 0 Å². The Kier molecular flexibility index (Phi) is 3.78. The summed E-state index contributed by atoms with van der Waals surface area (Å²) in [6.45, 7) is 0. The molecule has 0 radical (unpaired) electrons. The van der Waals surface area contributed by atoms with Crippen molar-refractivity contribution >= 4 is 11.6 Å². The summed E-state index contributed by atoms with van der Waals surface area (Å²) >= 11 is 5.87. The summed E-state index contributed by atoms with van der Waals surface area (Å²) in [5.74, 6) is 0. The van der Waals surface area contributed by atoms with Crippen molar-refractivity contribution in [1.82, 2.24) is 4.98 Å². The predicted molar refractivity (Wildman–Crippen MR) is 64.8 cm³/mol. The lowest BCUT2D eigenvalue weighted by Gasteiger charge is -2.17. The summed E-state index contributed by atoms with van der Waals surface area (Å²) in [5, 5.41) is 10.3. The maximum atomic E-state index is 12.9. The first-order valence-corrected chi connectivity index (χ1v) is 5.72. The molecule has 19 heavy (non-hydrogen) atoms. The quantitative estimate of drug-likeness (QED) is 0.910. The summed E-state index contributed by atoms with van der Waals surface area (Å²) in [4.78, 5) is 3.63. The molecule has 1 heterocycles. The number of nitrogens with zero attached hydrogens (tertiary/aromatic N) is 1. The van der Waals surface area contributed by atoms with Gasteiger partial charge >= 0.3 is 6.18 Å². The minimum Gasteiger partial charge on any atom is -0.384 e. The Bertz CT molecular complexity index is 586. The first-order chi connectivity index (χ1) is 8.91. The molecular formula is C13H9ClF3NO. The molecule has 2 nitrogen and oxygen atoms in total. The number of alkyl halides is 3. The van der Waals surface area contributed by atoms with E-state index >= 15 is 0 Å². The molecule has 0 saturated carbocycles. The van der Waals surface area contributed by atoms with Gasteiger partial charge in [-0.05, 0) is 12.1 Å². The normalized spacial score (nSPS) is 13.3. The third-order valence-electron chi connectivity index (χ3n) is 2.65. The van der Waals surface area contributed by atoms with Crippen molar-refractivity contribution in [2.24, 2.45) is 0 Å². The highest BCUT2D eigenvalue weighted by Gasteiger charge is 2.35. The fourth-order valence-electron chi connectivity index (χ4n) is 1.75. The molecule has 0 fully saturated rings. The number of benzene rings is 1. The average molecular weight is 288 g/mol. The largest absolute Gasteiger partial charge is 0.416 e. The number of aliphatic hydroxyl groups is 1. The molecule has 1 aromatic heterocycles. The molecule has 1 N–H and O–H groups in total. The van der Waals surface area contributed by atoms with Crippen LogP contribution in [0.5, 0.6) is 0 Å². The molecule has 6 heteroatoms. The Morgan fingerprint density at radius 2 is 1.79 bits per heavy atom. The summed E-state index contributed by atoms with van der Waals surface area (Å²) < 4.78 is 38.6. The number of halogens is 4. The molecule has 1 atom stereocenters. The van der Waals surface area contributed by atoms with E-state index in [-0.39, 0.29) is 16.1 Å². The fraction of sp³-hybridized carbons (Fsp3) is 0.154. The van der Waals surface area contributed by atoms with Crippen LogP contribution < -0.4 is 0 Å². The standard InChI is InChI=1S/C13H9ClF3NO/c14-11-4-2-1-3-8(11)12(19)9-7-18-6-5-10(9)13(15,16)17/h1-7,12,19H. The van der Waals surface area contributed by atoms with Crippen molar-refractivity contribution in [3.8, 4) is 0 Å². The number of aliphatic hydroxyl groups excluding tert-OH is 1. The van der Waals surface area contributed by atoms with Crippen molar-refractivity contribution in [2.75, 3.05) is 0 Å². The third kappa shape index (κ3) is 2.88. The zero-order valence-electron chi connectivity index (χ0n) is 9.53. The van der Waals surface area contributed by atoms with E-state index in [1.807, 2.05) is 0 Å². The highest BCUT2D eigenvalue weighted by Crippen LogP contribution is 2.37. The van der Waals surface area contributed by atoms with E-state index in [9.17, 15) is 18.3 Å². The third-order valence-corrected chi connectivity index (χ3v) is 3.00. The smallest absolute Gasteiger partial charge is 0.384 e. The van der Waals surface area contributed by atoms with Crippen LogP contribution in [-0.2, 0) is 6.18 Å². The topological polar surface area (TPSA) is 33.1 Å². The zero-order valence-corrected chi connectivity index (χ0v) is 10.3. The minimum atomic E-state index is -4.56. The van der Waals surface area contributed by atoms with Crippen LogP contribution in [0.25, 0.3) is 0 Å². The van der Waals surface area contributed by atoms with Crippen molar-refractivity contribution in [3.05, 3.63) is 64.4 Å². The van der Waals surface area contributed by atoms with Crippen LogP contribution in [0.15, 0.2) is 42.7 Å². The number of hydrogen-bond donors (Lipinski definition) is 1. The summed E-state index contributed by atoms with van der Waals surface area (Å²) in [6.07, 6.45) is -4.00. The summed E-state index contributed by atoms with van der Waals surface area (Å²) in [7, 11) is 0. The second kappa shape index (κ2) is 5.19. The molecule has 0 aliphatic rings. The lowest BCUT2D eigenvalue weighted by atomic mass is 9.98. The number of aromatic nitrogens is 1. The highest BCUT2D eigenvalue weighted by molar-refractivity contribution is 6.31. The van der Waals surface area contributed by atoms with E-state index in [1.54, 1.807) is 12.1 Å². The highest BCUT2D eigenvalue weighted by atomic mass is 35.5. The van der Waals surface area contributed by atoms with E-state index in [0.717, 1.165) is 18.5 Å². The molecule has 0 spiro atoms. The van der Waals surface area contributed by atoms with Gasteiger partial charge in [0.2, 0.25) is 0 Å². The monoisotopic (exact) mass is 287 g/mol. The molecule has 0 saturated heterocycles. The first-order valence-electron chi connectivity index (χ1n) is 5.35. The van der Waals surface area contributed by atoms with Crippen LogP contribution in [0.1, 0.15) is 22.8 Å². The van der Waals surface area contributed by atoms with Crippen LogP contribution in [0.3, 0.4) is 0 Å². The van der Waals surface area contributed by atoms with Gasteiger partial charge in [0.15, 0.2) is 0 Å². The van der Waals surface area contributed by atoms with Crippen LogP contribution >= 0.6 is 11.6 Å². The molecule has 2 rings (SSSR count). The van der Waals surface area contributed by atoms with Gasteiger partial charge < -0.3 is 5.11 Å². The molecule has 1 unspecified atom stereocenters. The van der Waals surface area contributed by atoms with Crippen molar-refractivity contribution in [1.29, 1.82) is 0 Å². The average Bonchev–Trinajstić information content (AvgIpc) is 2.37. The van der Waals surface area contributed by atoms with Gasteiger partial charge in [-0.25, -0.2) is 0 Å². The van der Waals surface area contributed by atoms with Crippen LogP contribution in [0.4, 0.5) is 13.2 Å². The minimum absolute atomic E-state index is 0.201. The molecule has 0 bridgehead atoms. The van der Waals surface area contributed by atoms with Gasteiger partial charge in [-0.1, -0.05) is 29.8 Å². The SMILES string of the molecule is OC(c1ccccc1Cl)c1cnccc1C(F)(F)F. The van der Waals surface area contributed by atoms with E-state index in [2.05, 4.69) is 4.98 Å². The van der Waals surface area contributed by atoms with Crippen molar-refractivity contribution < 1.29 is 18.3 Å². The van der Waals surface area contributed by atoms with Gasteiger partial charge in [0.05, 0.1) is 5.56 Å². The number of rotatable bonds is 2. The second-order valence-electron chi connectivity index (χ2n) is 3.88. The van der Waals surface area contributed by atoms with Gasteiger partial charge in [-0.15, -0.1) is 0 Å². The molecule has 100 valence electrons. The number of hydrogen-bond acceptors (Lipinski definition) is 2. The van der Waals surface area contributed by atoms with E-state index in [4.69, 9.17) is 11.6 Å². The predicted octanol–water partition coefficient (Wildman–Crippen LogP) is 3.84. The van der Waals surface area contributed by atoms with Crippen LogP contribution in [0, 0.1) is 0 Å². The molecule has 2 aromatic rings. The second-order valence-corrected chi connectivity index (χ2v) is 4.29. The van der Waals surface area contributed by atoms with E-state index in [0.29, 0.717) is 0 Å². The Morgan fingerprint density at radius 3 is 2.42 bits per heavy atom. The maximum Gasteiger partial charge on any atom is 0.416 e. The molecular weight excluding hydrogens is 279 g/mol. The van der Waals surface area contributed by atoms with E-state index in [1.165, 1.54) is 12.1 Å². The summed E-state index contributed by atoms with van der Waals surface area (Å²) in [5.41, 5.74) is -1.03. The zero-order chi connectivity index (χ0) is 14.0. The molecule has 0 aliphatic carbocycles. The van der Waals surface area contributed by atoms with Gasteiger partial charge in [0.25, 0.3) is 0 Å². The van der Waals surface area contributed by atoms with Crippen LogP contribution in [0.2, 0.25) is 5.02 Å². The molecule has 0 amide bonds. The van der Waals surface area contributed by atoms with Gasteiger partial charge in [-0.2, -0.15) is 13.2 Å². The van der Waals surface area contributed by atoms with E-state index < -0.39 is 17.8 Å². The lowest BCUT2D eigenvalue weighted by Crippen LogP contribution is -2.13. The Morgan fingerprint density at radius 1 is 1.11 bits per heavy atom. The first kappa shape index (κ1) is 13.8. The van der Waals surface area contributed by atoms with Gasteiger partial charge in [0.1, 0.15) is 6.10 Å². The van der Waals surface area contributed by atoms with Crippen LogP contribution in [-0.4, -0.2) is 10.1 Å². The Labute approximate surface area is 112 Å². The van der Waals surface area contributed by atoms with Gasteiger partial charge in [0, 0.05) is 28.5 Å². The maximum absolute atomic E-state index is 12.9. The number of pyridine rings is 1. The summed E-state index contributed by atoms with van der Waals surface area (Å²) in [6, 6.07) is 7.03. The lowest BCUT2D eigenvalue weighted by molar-refractivity contribution is -0.139. The Hall–Kier alpha value is -1.59. The Balaban J connectivity index is 2.51. The van der Waals surface area contributed by atoms with Gasteiger partial charge in [-0.3, -0.25) is 4.98 Å². The fourth-order valence-corrected chi connectivity index (χ4v) is 1.99.